The van der Waals surface area contributed by atoms with Gasteiger partial charge in [0.1, 0.15) is 0 Å². The second kappa shape index (κ2) is 13.0. The minimum Gasteiger partial charge on any atom is -0.463 e. The maximum atomic E-state index is 12.3. The van der Waals surface area contributed by atoms with Crippen molar-refractivity contribution in [2.24, 2.45) is 0 Å². The number of carbonyl (C=O) groups excluding carboxylic acids is 3. The van der Waals surface area contributed by atoms with Gasteiger partial charge in [-0.05, 0) is 49.9 Å². The molecule has 0 radical (unpaired) electrons. The molecule has 0 amide bonds. The van der Waals surface area contributed by atoms with Gasteiger partial charge in [-0.15, -0.1) is 10.1 Å². The van der Waals surface area contributed by atoms with E-state index in [9.17, 15) is 24.5 Å². The van der Waals surface area contributed by atoms with Crippen LogP contribution in [0.25, 0.3) is 10.8 Å². The molecule has 0 aliphatic rings. The maximum Gasteiger partial charge on any atom is 0.510 e. The van der Waals surface area contributed by atoms with Crippen LogP contribution in [0.1, 0.15) is 43.7 Å². The summed E-state index contributed by atoms with van der Waals surface area (Å²) in [6.07, 6.45) is -1.78. The predicted molar refractivity (Wildman–Crippen MR) is 118 cm³/mol. The minimum absolute atomic E-state index is 0.0370. The number of aryl methyl sites for hydroxylation is 1. The van der Waals surface area contributed by atoms with Crippen molar-refractivity contribution < 1.29 is 43.3 Å². The fourth-order valence-electron chi connectivity index (χ4n) is 2.94. The molecule has 184 valence electrons. The van der Waals surface area contributed by atoms with Crippen LogP contribution in [0.4, 0.5) is 4.79 Å². The first-order valence-electron chi connectivity index (χ1n) is 10.6. The number of hydrogen-bond donors (Lipinski definition) is 0. The zero-order valence-corrected chi connectivity index (χ0v) is 19.2. The van der Waals surface area contributed by atoms with E-state index in [4.69, 9.17) is 14.2 Å². The van der Waals surface area contributed by atoms with Gasteiger partial charge in [-0.3, -0.25) is 9.63 Å². The summed E-state index contributed by atoms with van der Waals surface area (Å²) in [5.41, 5.74) is 1.93. The molecule has 2 atom stereocenters. The van der Waals surface area contributed by atoms with E-state index in [1.165, 1.54) is 6.92 Å². The molecule has 0 aromatic heterocycles. The van der Waals surface area contributed by atoms with Crippen LogP contribution in [0, 0.1) is 17.0 Å². The Balaban J connectivity index is 1.62. The highest BCUT2D eigenvalue weighted by Gasteiger charge is 2.19. The summed E-state index contributed by atoms with van der Waals surface area (Å²) in [7, 11) is 0. The normalized spacial score (nSPS) is 12.3. The van der Waals surface area contributed by atoms with E-state index >= 15 is 0 Å². The Hall–Kier alpha value is -3.89. The molecule has 11 nitrogen and oxygen atoms in total. The lowest BCUT2D eigenvalue weighted by atomic mass is 9.97. The molecule has 11 heteroatoms. The Morgan fingerprint density at radius 3 is 2.29 bits per heavy atom. The van der Waals surface area contributed by atoms with Gasteiger partial charge < -0.3 is 18.9 Å². The van der Waals surface area contributed by atoms with Gasteiger partial charge in [-0.1, -0.05) is 42.0 Å². The molecule has 2 aromatic rings. The molecule has 1 unspecified atom stereocenters. The molecular formula is C23H27NO10. The Bertz CT molecular complexity index is 1020. The first-order valence-corrected chi connectivity index (χ1v) is 10.6. The van der Waals surface area contributed by atoms with Crippen molar-refractivity contribution in [1.29, 1.82) is 0 Å². The number of ether oxygens (including phenoxy) is 4. The van der Waals surface area contributed by atoms with Crippen molar-refractivity contribution in [3.05, 3.63) is 57.6 Å². The van der Waals surface area contributed by atoms with E-state index in [1.807, 2.05) is 37.3 Å². The Morgan fingerprint density at radius 2 is 1.59 bits per heavy atom. The summed E-state index contributed by atoms with van der Waals surface area (Å²) < 4.78 is 19.2. The molecule has 34 heavy (non-hydrogen) atoms. The molecule has 2 rings (SSSR count). The first-order chi connectivity index (χ1) is 16.2. The van der Waals surface area contributed by atoms with E-state index in [2.05, 4.69) is 15.6 Å². The lowest BCUT2D eigenvalue weighted by molar-refractivity contribution is -0.777. The van der Waals surface area contributed by atoms with Gasteiger partial charge in [-0.25, -0.2) is 9.59 Å². The Morgan fingerprint density at radius 1 is 0.941 bits per heavy atom. The van der Waals surface area contributed by atoms with Gasteiger partial charge in [0.2, 0.25) is 6.29 Å². The van der Waals surface area contributed by atoms with E-state index in [-0.39, 0.29) is 13.2 Å². The third-order valence-electron chi connectivity index (χ3n) is 4.72. The van der Waals surface area contributed by atoms with Crippen molar-refractivity contribution in [1.82, 2.24) is 0 Å². The molecule has 0 bridgehead atoms. The van der Waals surface area contributed by atoms with Crippen molar-refractivity contribution in [2.75, 3.05) is 19.8 Å². The van der Waals surface area contributed by atoms with Crippen LogP contribution in [0.2, 0.25) is 0 Å². The molecular weight excluding hydrogens is 450 g/mol. The summed E-state index contributed by atoms with van der Waals surface area (Å²) in [5.74, 6) is -1.78. The molecule has 0 aliphatic heterocycles. The smallest absolute Gasteiger partial charge is 0.463 e. The second-order valence-electron chi connectivity index (χ2n) is 7.48. The number of esters is 2. The average Bonchev–Trinajstić information content (AvgIpc) is 2.78. The number of unbranched alkanes of at least 4 members (excludes halogenated alkanes) is 1. The zero-order valence-electron chi connectivity index (χ0n) is 19.2. The highest BCUT2D eigenvalue weighted by Crippen LogP contribution is 2.23. The Labute approximate surface area is 196 Å². The Kier molecular flexibility index (Phi) is 10.1. The third kappa shape index (κ3) is 8.93. The van der Waals surface area contributed by atoms with E-state index < -0.39 is 42.0 Å². The standard InChI is InChI=1S/C23H27NO10/c1-15-6-7-20-13-18(8-9-19(20)12-15)16(2)22(26)32-14-21(25)30-10-4-5-11-31-23(27)33-17(3)34-24(28)29/h6-9,12-13,16-17H,4-5,10-11,14H2,1-3H3/t16-,17?/m0/s1. The van der Waals surface area contributed by atoms with Gasteiger partial charge in [-0.2, -0.15) is 0 Å². The third-order valence-corrected chi connectivity index (χ3v) is 4.72. The zero-order chi connectivity index (χ0) is 25.1. The van der Waals surface area contributed by atoms with Crippen LogP contribution in [0.15, 0.2) is 36.4 Å². The maximum absolute atomic E-state index is 12.3. The number of benzene rings is 2. The van der Waals surface area contributed by atoms with Gasteiger partial charge in [0.05, 0.1) is 19.1 Å². The van der Waals surface area contributed by atoms with Crippen LogP contribution in [-0.4, -0.2) is 49.3 Å². The lowest BCUT2D eigenvalue weighted by Gasteiger charge is -2.13. The summed E-state index contributed by atoms with van der Waals surface area (Å²) in [6, 6.07) is 11.8. The number of carbonyl (C=O) groups is 3. The molecule has 0 saturated carbocycles. The quantitative estimate of drug-likeness (QED) is 0.111. The van der Waals surface area contributed by atoms with Crippen LogP contribution < -0.4 is 0 Å². The van der Waals surface area contributed by atoms with Crippen LogP contribution in [-0.2, 0) is 33.4 Å². The van der Waals surface area contributed by atoms with E-state index in [0.29, 0.717) is 12.8 Å². The lowest BCUT2D eigenvalue weighted by Crippen LogP contribution is -2.22. The van der Waals surface area contributed by atoms with Crippen molar-refractivity contribution in [2.45, 2.75) is 45.8 Å². The second-order valence-corrected chi connectivity index (χ2v) is 7.48. The largest absolute Gasteiger partial charge is 0.510 e. The summed E-state index contributed by atoms with van der Waals surface area (Å²) in [5, 5.41) is 11.1. The number of rotatable bonds is 12. The summed E-state index contributed by atoms with van der Waals surface area (Å²) >= 11 is 0. The number of hydrogen-bond acceptors (Lipinski definition) is 10. The molecule has 0 spiro atoms. The predicted octanol–water partition coefficient (Wildman–Crippen LogP) is 3.83. The van der Waals surface area contributed by atoms with Crippen LogP contribution in [0.5, 0.6) is 0 Å². The molecule has 0 saturated heterocycles. The van der Waals surface area contributed by atoms with Crippen LogP contribution >= 0.6 is 0 Å². The monoisotopic (exact) mass is 477 g/mol. The SMILES string of the molecule is Cc1ccc2cc([C@H](C)C(=O)OCC(=O)OCCCCOC(=O)OC(C)O[N+](=O)[O-])ccc2c1. The van der Waals surface area contributed by atoms with E-state index in [0.717, 1.165) is 21.9 Å². The number of nitrogens with zero attached hydrogens (tertiary/aromatic N) is 1. The molecule has 0 N–H and O–H groups in total. The average molecular weight is 477 g/mol. The molecule has 0 fully saturated rings. The molecule has 0 aliphatic carbocycles. The van der Waals surface area contributed by atoms with E-state index in [1.54, 1.807) is 6.92 Å². The molecule has 2 aromatic carbocycles. The highest BCUT2D eigenvalue weighted by molar-refractivity contribution is 5.86. The fourth-order valence-corrected chi connectivity index (χ4v) is 2.94. The minimum atomic E-state index is -1.39. The topological polar surface area (TPSA) is 141 Å². The van der Waals surface area contributed by atoms with Crippen molar-refractivity contribution in [3.8, 4) is 0 Å². The van der Waals surface area contributed by atoms with Gasteiger partial charge >= 0.3 is 18.1 Å². The van der Waals surface area contributed by atoms with Crippen LogP contribution in [0.3, 0.4) is 0 Å². The van der Waals surface area contributed by atoms with Gasteiger partial charge in [0, 0.05) is 0 Å². The molecule has 0 heterocycles. The van der Waals surface area contributed by atoms with Gasteiger partial charge in [0.25, 0.3) is 5.09 Å². The van der Waals surface area contributed by atoms with Gasteiger partial charge in [0.15, 0.2) is 6.61 Å². The summed E-state index contributed by atoms with van der Waals surface area (Å²) in [4.78, 5) is 49.5. The van der Waals surface area contributed by atoms with Crippen molar-refractivity contribution >= 4 is 28.9 Å². The number of fused-ring (bicyclic) bond motifs is 1. The first kappa shape index (κ1) is 26.4. The summed E-state index contributed by atoms with van der Waals surface area (Å²) in [6.45, 7) is 4.37. The highest BCUT2D eigenvalue weighted by atomic mass is 17.0. The fraction of sp³-hybridized carbons (Fsp3) is 0.435. The van der Waals surface area contributed by atoms with Crippen molar-refractivity contribution in [3.63, 3.8) is 0 Å².